The summed E-state index contributed by atoms with van der Waals surface area (Å²) in [7, 11) is 1.99. The molecule has 0 aliphatic carbocycles. The minimum absolute atomic E-state index is 0.0366. The van der Waals surface area contributed by atoms with Crippen molar-refractivity contribution >= 4 is 17.5 Å². The standard InChI is InChI=1S/C21H20ClN3O/c1-24-19-11-13-25(21(26)16-8-5-9-17(22)14-16)12-10-18(19)20(23-24)15-6-3-2-4-7-15/h2-9,14H,10-13H2,1H3. The first-order valence-electron chi connectivity index (χ1n) is 8.78. The van der Waals surface area contributed by atoms with Crippen LogP contribution in [0.3, 0.4) is 0 Å². The lowest BCUT2D eigenvalue weighted by Crippen LogP contribution is -2.33. The number of amides is 1. The first-order chi connectivity index (χ1) is 12.6. The molecule has 0 saturated heterocycles. The van der Waals surface area contributed by atoms with Gasteiger partial charge in [0.15, 0.2) is 0 Å². The predicted octanol–water partition coefficient (Wildman–Crippen LogP) is 3.98. The average Bonchev–Trinajstić information content (AvgIpc) is 2.83. The Morgan fingerprint density at radius 1 is 1.04 bits per heavy atom. The molecule has 2 heterocycles. The molecule has 26 heavy (non-hydrogen) atoms. The topological polar surface area (TPSA) is 38.1 Å². The maximum atomic E-state index is 12.9. The van der Waals surface area contributed by atoms with Gasteiger partial charge >= 0.3 is 0 Å². The molecule has 5 heteroatoms. The van der Waals surface area contributed by atoms with Gasteiger partial charge in [0.2, 0.25) is 0 Å². The summed E-state index contributed by atoms with van der Waals surface area (Å²) in [6, 6.07) is 17.4. The number of hydrogen-bond donors (Lipinski definition) is 0. The second kappa shape index (κ2) is 6.96. The third-order valence-electron chi connectivity index (χ3n) is 4.93. The van der Waals surface area contributed by atoms with Crippen LogP contribution in [0.15, 0.2) is 54.6 Å². The van der Waals surface area contributed by atoms with E-state index in [9.17, 15) is 4.79 Å². The van der Waals surface area contributed by atoms with Gasteiger partial charge in [0.1, 0.15) is 0 Å². The van der Waals surface area contributed by atoms with Crippen LogP contribution in [-0.4, -0.2) is 33.7 Å². The first kappa shape index (κ1) is 16.9. The Labute approximate surface area is 158 Å². The van der Waals surface area contributed by atoms with Gasteiger partial charge in [-0.25, -0.2) is 0 Å². The van der Waals surface area contributed by atoms with E-state index in [1.54, 1.807) is 12.1 Å². The third kappa shape index (κ3) is 3.13. The average molecular weight is 366 g/mol. The van der Waals surface area contributed by atoms with Crippen molar-refractivity contribution in [3.63, 3.8) is 0 Å². The molecule has 0 unspecified atom stereocenters. The molecule has 0 bridgehead atoms. The van der Waals surface area contributed by atoms with Crippen molar-refractivity contribution < 1.29 is 4.79 Å². The number of benzene rings is 2. The molecule has 1 aliphatic rings. The zero-order valence-electron chi connectivity index (χ0n) is 14.7. The van der Waals surface area contributed by atoms with Gasteiger partial charge in [-0.1, -0.05) is 48.0 Å². The molecule has 2 aromatic carbocycles. The van der Waals surface area contributed by atoms with E-state index >= 15 is 0 Å². The van der Waals surface area contributed by atoms with Crippen LogP contribution >= 0.6 is 11.6 Å². The Balaban J connectivity index is 1.61. The number of fused-ring (bicyclic) bond motifs is 1. The van der Waals surface area contributed by atoms with Crippen LogP contribution < -0.4 is 0 Å². The summed E-state index contributed by atoms with van der Waals surface area (Å²) in [5.41, 5.74) is 5.26. The second-order valence-corrected chi connectivity index (χ2v) is 7.00. The van der Waals surface area contributed by atoms with Gasteiger partial charge in [-0.3, -0.25) is 9.48 Å². The maximum absolute atomic E-state index is 12.9. The number of aryl methyl sites for hydroxylation is 1. The van der Waals surface area contributed by atoms with Crippen LogP contribution in [0.5, 0.6) is 0 Å². The molecular formula is C21H20ClN3O. The largest absolute Gasteiger partial charge is 0.338 e. The quantitative estimate of drug-likeness (QED) is 0.689. The van der Waals surface area contributed by atoms with E-state index in [4.69, 9.17) is 16.7 Å². The van der Waals surface area contributed by atoms with Crippen molar-refractivity contribution in [2.45, 2.75) is 12.8 Å². The fourth-order valence-electron chi connectivity index (χ4n) is 3.61. The summed E-state index contributed by atoms with van der Waals surface area (Å²) in [4.78, 5) is 14.8. The molecule has 4 rings (SSSR count). The van der Waals surface area contributed by atoms with Gasteiger partial charge < -0.3 is 4.90 Å². The SMILES string of the molecule is Cn1nc(-c2ccccc2)c2c1CCN(C(=O)c1cccc(Cl)c1)CC2. The van der Waals surface area contributed by atoms with Crippen LogP contribution in [0.25, 0.3) is 11.3 Å². The molecule has 1 amide bonds. The minimum Gasteiger partial charge on any atom is -0.338 e. The molecule has 0 radical (unpaired) electrons. The lowest BCUT2D eigenvalue weighted by Gasteiger charge is -2.20. The van der Waals surface area contributed by atoms with E-state index in [0.717, 1.165) is 24.1 Å². The fourth-order valence-corrected chi connectivity index (χ4v) is 3.80. The number of halogens is 1. The van der Waals surface area contributed by atoms with Gasteiger partial charge in [-0.15, -0.1) is 0 Å². The number of aromatic nitrogens is 2. The highest BCUT2D eigenvalue weighted by Crippen LogP contribution is 2.28. The van der Waals surface area contributed by atoms with Gasteiger partial charge in [0, 0.05) is 54.0 Å². The van der Waals surface area contributed by atoms with Crippen LogP contribution in [0, 0.1) is 0 Å². The Kier molecular flexibility index (Phi) is 4.51. The zero-order valence-corrected chi connectivity index (χ0v) is 15.4. The molecule has 4 nitrogen and oxygen atoms in total. The zero-order chi connectivity index (χ0) is 18.1. The number of carbonyl (C=O) groups is 1. The summed E-state index contributed by atoms with van der Waals surface area (Å²) >= 11 is 6.04. The normalized spacial score (nSPS) is 14.0. The molecule has 1 aromatic heterocycles. The highest BCUT2D eigenvalue weighted by molar-refractivity contribution is 6.30. The van der Waals surface area contributed by atoms with E-state index in [2.05, 4.69) is 12.1 Å². The van der Waals surface area contributed by atoms with E-state index in [-0.39, 0.29) is 5.91 Å². The van der Waals surface area contributed by atoms with Crippen LogP contribution in [0.2, 0.25) is 5.02 Å². The van der Waals surface area contributed by atoms with Crippen molar-refractivity contribution in [1.29, 1.82) is 0 Å². The van der Waals surface area contributed by atoms with Gasteiger partial charge in [0.25, 0.3) is 5.91 Å². The summed E-state index contributed by atoms with van der Waals surface area (Å²) in [5.74, 6) is 0.0366. The smallest absolute Gasteiger partial charge is 0.253 e. The molecule has 1 aliphatic heterocycles. The second-order valence-electron chi connectivity index (χ2n) is 6.57. The highest BCUT2D eigenvalue weighted by atomic mass is 35.5. The molecule has 0 atom stereocenters. The van der Waals surface area contributed by atoms with Crippen molar-refractivity contribution in [3.8, 4) is 11.3 Å². The Hall–Kier alpha value is -2.59. The van der Waals surface area contributed by atoms with Crippen molar-refractivity contribution in [3.05, 3.63) is 76.4 Å². The van der Waals surface area contributed by atoms with Gasteiger partial charge in [0.05, 0.1) is 5.69 Å². The van der Waals surface area contributed by atoms with Gasteiger partial charge in [-0.05, 0) is 24.6 Å². The van der Waals surface area contributed by atoms with Gasteiger partial charge in [-0.2, -0.15) is 5.10 Å². The Bertz CT molecular complexity index is 949. The van der Waals surface area contributed by atoms with E-state index < -0.39 is 0 Å². The molecule has 0 N–H and O–H groups in total. The first-order valence-corrected chi connectivity index (χ1v) is 9.16. The van der Waals surface area contributed by atoms with E-state index in [1.807, 2.05) is 47.0 Å². The van der Waals surface area contributed by atoms with Crippen molar-refractivity contribution in [2.24, 2.45) is 7.05 Å². The lowest BCUT2D eigenvalue weighted by molar-refractivity contribution is 0.0762. The number of carbonyl (C=O) groups excluding carboxylic acids is 1. The van der Waals surface area contributed by atoms with E-state index in [0.29, 0.717) is 23.7 Å². The predicted molar refractivity (Wildman–Crippen MR) is 103 cm³/mol. The summed E-state index contributed by atoms with van der Waals surface area (Å²) < 4.78 is 1.96. The van der Waals surface area contributed by atoms with E-state index in [1.165, 1.54) is 11.3 Å². The molecule has 132 valence electrons. The van der Waals surface area contributed by atoms with Crippen LogP contribution in [0.1, 0.15) is 21.6 Å². The Morgan fingerprint density at radius 2 is 1.81 bits per heavy atom. The molecule has 3 aromatic rings. The van der Waals surface area contributed by atoms with Crippen LogP contribution in [-0.2, 0) is 19.9 Å². The summed E-state index contributed by atoms with van der Waals surface area (Å²) in [6.07, 6.45) is 1.61. The highest BCUT2D eigenvalue weighted by Gasteiger charge is 2.25. The third-order valence-corrected chi connectivity index (χ3v) is 5.17. The van der Waals surface area contributed by atoms with Crippen LogP contribution in [0.4, 0.5) is 0 Å². The maximum Gasteiger partial charge on any atom is 0.253 e. The summed E-state index contributed by atoms with van der Waals surface area (Å²) in [5, 5.41) is 5.33. The molecule has 0 spiro atoms. The molecular weight excluding hydrogens is 346 g/mol. The summed E-state index contributed by atoms with van der Waals surface area (Å²) in [6.45, 7) is 1.37. The minimum atomic E-state index is 0.0366. The number of nitrogens with zero attached hydrogens (tertiary/aromatic N) is 3. The molecule has 0 saturated carbocycles. The number of hydrogen-bond acceptors (Lipinski definition) is 2. The van der Waals surface area contributed by atoms with Crippen molar-refractivity contribution in [2.75, 3.05) is 13.1 Å². The monoisotopic (exact) mass is 365 g/mol. The molecule has 0 fully saturated rings. The number of rotatable bonds is 2. The van der Waals surface area contributed by atoms with Crippen molar-refractivity contribution in [1.82, 2.24) is 14.7 Å². The lowest BCUT2D eigenvalue weighted by atomic mass is 10.0. The Morgan fingerprint density at radius 3 is 2.58 bits per heavy atom. The fraction of sp³-hybridized carbons (Fsp3) is 0.238.